The molecule has 4 aromatic carbocycles. The molecule has 2 unspecified atom stereocenters. The number of carbonyl (C=O) groups is 4. The summed E-state index contributed by atoms with van der Waals surface area (Å²) in [5.41, 5.74) is 8.22. The fourth-order valence-electron chi connectivity index (χ4n) is 13.0. The molecule has 86 heavy (non-hydrogen) atoms. The molecule has 11 rings (SSSR count). The predicted molar refractivity (Wildman–Crippen MR) is 332 cm³/mol. The Bertz CT molecular complexity index is 3690. The summed E-state index contributed by atoms with van der Waals surface area (Å²) in [6.45, 7) is 12.2. The number of aromatic nitrogens is 2. The van der Waals surface area contributed by atoms with Crippen molar-refractivity contribution in [1.29, 1.82) is 0 Å². The molecule has 1 aliphatic carbocycles. The number of nitrogens with one attached hydrogen (secondary N) is 4. The number of nitrogens with zero attached hydrogens (tertiary/aromatic N) is 6. The number of rotatable bonds is 22. The van der Waals surface area contributed by atoms with E-state index in [4.69, 9.17) is 16.3 Å². The molecule has 4 amide bonds. The van der Waals surface area contributed by atoms with Crippen molar-refractivity contribution in [2.24, 2.45) is 11.3 Å². The van der Waals surface area contributed by atoms with Crippen LogP contribution in [0.25, 0.3) is 16.6 Å². The van der Waals surface area contributed by atoms with Crippen LogP contribution in [0.2, 0.25) is 5.02 Å². The third kappa shape index (κ3) is 14.1. The summed E-state index contributed by atoms with van der Waals surface area (Å²) in [5, 5.41) is 19.6. The lowest BCUT2D eigenvalue weighted by Gasteiger charge is -2.39. The lowest BCUT2D eigenvalue weighted by Crippen LogP contribution is -2.52. The van der Waals surface area contributed by atoms with Crippen LogP contribution in [0.4, 0.5) is 17.1 Å². The maximum atomic E-state index is 14.2. The number of benzene rings is 4. The molecule has 0 saturated carbocycles. The number of amides is 4. The van der Waals surface area contributed by atoms with Gasteiger partial charge in [0, 0.05) is 98.8 Å². The molecule has 3 fully saturated rings. The van der Waals surface area contributed by atoms with Gasteiger partial charge in [0.1, 0.15) is 28.9 Å². The lowest BCUT2D eigenvalue weighted by molar-refractivity contribution is -0.384. The second kappa shape index (κ2) is 26.1. The van der Waals surface area contributed by atoms with Gasteiger partial charge in [-0.2, -0.15) is 0 Å². The molecule has 452 valence electrons. The predicted octanol–water partition coefficient (Wildman–Crippen LogP) is 10.9. The number of imide groups is 1. The monoisotopic (exact) mass is 1210 g/mol. The van der Waals surface area contributed by atoms with E-state index in [1.54, 1.807) is 35.4 Å². The molecule has 6 aromatic rings. The minimum atomic E-state index is -4.62. The smallest absolute Gasteiger partial charge is 0.293 e. The van der Waals surface area contributed by atoms with Gasteiger partial charge in [0.2, 0.25) is 11.8 Å². The Morgan fingerprint density at radius 2 is 1.70 bits per heavy atom. The molecule has 5 aliphatic rings. The average Bonchev–Trinajstić information content (AvgIpc) is 2.84. The number of fused-ring (bicyclic) bond motifs is 2. The van der Waals surface area contributed by atoms with Crippen molar-refractivity contribution >= 4 is 78.9 Å². The topological polar surface area (TPSA) is 233 Å². The van der Waals surface area contributed by atoms with Crippen molar-refractivity contribution in [3.05, 3.63) is 152 Å². The lowest BCUT2D eigenvalue weighted by atomic mass is 9.72. The second-order valence-electron chi connectivity index (χ2n) is 24.5. The number of pyridine rings is 1. The summed E-state index contributed by atoms with van der Waals surface area (Å²) in [5.74, 6) is -1.15. The Balaban J connectivity index is 0.675. The zero-order chi connectivity index (χ0) is 60.1. The van der Waals surface area contributed by atoms with Crippen molar-refractivity contribution in [3.63, 3.8) is 0 Å². The van der Waals surface area contributed by atoms with Crippen LogP contribution in [-0.4, -0.2) is 127 Å². The third-order valence-electron chi connectivity index (χ3n) is 17.8. The molecule has 0 bridgehead atoms. The number of hydrogen-bond donors (Lipinski definition) is 4. The number of likely N-dealkylation sites (tertiary alicyclic amines) is 1. The van der Waals surface area contributed by atoms with Gasteiger partial charge >= 0.3 is 0 Å². The van der Waals surface area contributed by atoms with Gasteiger partial charge in [0.25, 0.3) is 27.5 Å². The van der Waals surface area contributed by atoms with Crippen LogP contribution in [0.3, 0.4) is 0 Å². The van der Waals surface area contributed by atoms with E-state index < -0.39 is 43.4 Å². The van der Waals surface area contributed by atoms with E-state index >= 15 is 0 Å². The summed E-state index contributed by atoms with van der Waals surface area (Å²) in [4.78, 5) is 79.5. The standard InChI is InChI=1S/C65H75ClN10O9S/c1-65(2)26-24-47(54(37-65)45-14-16-48(66)17-15-45)41-73-30-32-74(33-31-73)49-18-20-53(59(35-49)85-50-34-46-25-27-67-61(46)69-39-50)62(78)71-86(83,84)51-19-21-56(58(36-51)76(81)82)68-38-43-10-9-29-72(40-43)28-7-5-3-4-6-11-44-12-8-13-52-55(44)42-75(64(52)80)57-22-23-60(77)70-63(57)79/h8,12-21,25,27,34-36,39,43,57,68H,3-7,9-11,22-24,26,28-33,37-38,40-42H2,1-2H3,(H,67,69)(H,71,78)(H,70,77,79). The Labute approximate surface area is 507 Å². The van der Waals surface area contributed by atoms with Crippen LogP contribution >= 0.6 is 11.6 Å². The van der Waals surface area contributed by atoms with Crippen LogP contribution in [0, 0.1) is 21.4 Å². The van der Waals surface area contributed by atoms with Gasteiger partial charge in [-0.15, -0.1) is 0 Å². The van der Waals surface area contributed by atoms with Crippen LogP contribution in [0.1, 0.15) is 128 Å². The quantitative estimate of drug-likeness (QED) is 0.0214. The minimum absolute atomic E-state index is 0.0489. The number of anilines is 2. The van der Waals surface area contributed by atoms with Crippen molar-refractivity contribution < 1.29 is 37.3 Å². The van der Waals surface area contributed by atoms with Crippen molar-refractivity contribution in [2.45, 2.75) is 115 Å². The molecule has 4 aliphatic heterocycles. The number of unbranched alkanes of at least 4 members (excludes halogenated alkanes) is 4. The largest absolute Gasteiger partial charge is 0.455 e. The summed E-state index contributed by atoms with van der Waals surface area (Å²) < 4.78 is 36.6. The zero-order valence-corrected chi connectivity index (χ0v) is 50.4. The highest BCUT2D eigenvalue weighted by Crippen LogP contribution is 2.44. The fourth-order valence-corrected chi connectivity index (χ4v) is 14.1. The third-order valence-corrected chi connectivity index (χ3v) is 19.4. The van der Waals surface area contributed by atoms with E-state index in [9.17, 15) is 37.7 Å². The highest BCUT2D eigenvalue weighted by Gasteiger charge is 2.40. The number of H-pyrrole nitrogens is 1. The normalized spacial score (nSPS) is 19.4. The molecule has 2 aromatic heterocycles. The maximum absolute atomic E-state index is 14.2. The number of nitro groups is 1. The molecular formula is C65H75ClN10O9S. The first kappa shape index (κ1) is 60.1. The highest BCUT2D eigenvalue weighted by atomic mass is 35.5. The molecule has 0 spiro atoms. The summed E-state index contributed by atoms with van der Waals surface area (Å²) in [7, 11) is -4.62. The van der Waals surface area contributed by atoms with Gasteiger partial charge in [-0.05, 0) is 159 Å². The Hall–Kier alpha value is -7.65. The highest BCUT2D eigenvalue weighted by molar-refractivity contribution is 7.90. The molecule has 21 heteroatoms. The number of sulfonamides is 1. The van der Waals surface area contributed by atoms with Gasteiger partial charge in [-0.3, -0.25) is 39.5 Å². The van der Waals surface area contributed by atoms with Crippen molar-refractivity contribution in [3.8, 4) is 11.5 Å². The van der Waals surface area contributed by atoms with Crippen LogP contribution in [-0.2, 0) is 32.6 Å². The van der Waals surface area contributed by atoms with Crippen molar-refractivity contribution in [2.75, 3.05) is 69.1 Å². The fraction of sp³-hybridized carbons (Fsp3) is 0.431. The first-order valence-corrected chi connectivity index (χ1v) is 32.1. The number of ether oxygens (including phenoxy) is 1. The van der Waals surface area contributed by atoms with E-state index in [0.717, 1.165) is 143 Å². The number of halogens is 1. The molecule has 6 heterocycles. The SMILES string of the molecule is CC1(C)CCC(CN2CCN(c3ccc(C(=O)NS(=O)(=O)c4ccc(NCC5CCCN(CCCCCCCc6cccc7c6CN(C6CCC(=O)NC6=O)C7=O)C5)c([N+](=O)[O-])c4)c(Oc4cnc5[nH]ccc5c4)c3)CC2)=C(c2ccc(Cl)cc2)C1. The first-order valence-electron chi connectivity index (χ1n) is 30.2. The zero-order valence-electron chi connectivity index (χ0n) is 48.9. The van der Waals surface area contributed by atoms with Crippen LogP contribution in [0.5, 0.6) is 11.5 Å². The van der Waals surface area contributed by atoms with E-state index in [-0.39, 0.29) is 46.6 Å². The van der Waals surface area contributed by atoms with Gasteiger partial charge in [0.15, 0.2) is 0 Å². The number of piperidine rings is 2. The molecule has 2 atom stereocenters. The van der Waals surface area contributed by atoms with E-state index in [2.05, 4.69) is 72.1 Å². The first-order chi connectivity index (χ1) is 41.4. The van der Waals surface area contributed by atoms with Gasteiger partial charge in [0.05, 0.1) is 21.6 Å². The number of piperazine rings is 1. The van der Waals surface area contributed by atoms with E-state index in [1.165, 1.54) is 35.0 Å². The number of aryl methyl sites for hydroxylation is 1. The molecular weight excluding hydrogens is 1130 g/mol. The number of aromatic amines is 1. The van der Waals surface area contributed by atoms with E-state index in [1.807, 2.05) is 30.3 Å². The van der Waals surface area contributed by atoms with Gasteiger partial charge < -0.3 is 29.7 Å². The second-order valence-corrected chi connectivity index (χ2v) is 26.6. The maximum Gasteiger partial charge on any atom is 0.293 e. The van der Waals surface area contributed by atoms with Gasteiger partial charge in [-0.1, -0.05) is 74.5 Å². The number of hydrogen-bond acceptors (Lipinski definition) is 14. The molecule has 19 nitrogen and oxygen atoms in total. The summed E-state index contributed by atoms with van der Waals surface area (Å²) in [6, 6.07) is 25.7. The van der Waals surface area contributed by atoms with Crippen LogP contribution in [0.15, 0.2) is 114 Å². The Kier molecular flexibility index (Phi) is 18.3. The Morgan fingerprint density at radius 3 is 2.50 bits per heavy atom. The molecule has 4 N–H and O–H groups in total. The summed E-state index contributed by atoms with van der Waals surface area (Å²) >= 11 is 6.28. The summed E-state index contributed by atoms with van der Waals surface area (Å²) in [6.07, 6.45) is 15.0. The number of allylic oxidation sites excluding steroid dienone is 1. The van der Waals surface area contributed by atoms with Gasteiger partial charge in [-0.25, -0.2) is 18.1 Å². The van der Waals surface area contributed by atoms with Crippen molar-refractivity contribution in [1.82, 2.24) is 34.7 Å². The molecule has 0 radical (unpaired) electrons. The number of carbonyl (C=O) groups excluding carboxylic acids is 4. The average molecular weight is 1210 g/mol. The number of nitro benzene ring substituents is 1. The van der Waals surface area contributed by atoms with Crippen LogP contribution < -0.4 is 25.0 Å². The van der Waals surface area contributed by atoms with E-state index in [0.29, 0.717) is 49.6 Å². The Morgan fingerprint density at radius 1 is 0.895 bits per heavy atom. The molecule has 3 saturated heterocycles. The minimum Gasteiger partial charge on any atom is -0.455 e.